The van der Waals surface area contributed by atoms with Gasteiger partial charge < -0.3 is 4.90 Å². The maximum Gasteiger partial charge on any atom is 0.225 e. The van der Waals surface area contributed by atoms with E-state index < -0.39 is 0 Å². The van der Waals surface area contributed by atoms with Gasteiger partial charge in [0.2, 0.25) is 5.28 Å². The van der Waals surface area contributed by atoms with E-state index in [2.05, 4.69) is 50.1 Å². The zero-order chi connectivity index (χ0) is 18.2. The fourth-order valence-corrected chi connectivity index (χ4v) is 5.77. The van der Waals surface area contributed by atoms with Crippen LogP contribution in [0.4, 0.5) is 5.82 Å². The maximum absolute atomic E-state index is 6.29. The summed E-state index contributed by atoms with van der Waals surface area (Å²) in [5.74, 6) is 1.06. The van der Waals surface area contributed by atoms with Crippen molar-refractivity contribution < 1.29 is 0 Å². The standard InChI is InChI=1S/C21H23ClN4S/c22-21-23-19(18-16-8-4-5-9-17(16)27-20(18)24-21)26-12-10-25(11-13-26)14-15-6-2-1-3-7-15/h1-3,6-7H,4-5,8-14H2. The minimum absolute atomic E-state index is 0.378. The van der Waals surface area contributed by atoms with E-state index in [1.165, 1.54) is 40.7 Å². The summed E-state index contributed by atoms with van der Waals surface area (Å²) in [5, 5.41) is 1.65. The number of piperazine rings is 1. The zero-order valence-corrected chi connectivity index (χ0v) is 16.9. The van der Waals surface area contributed by atoms with E-state index in [0.29, 0.717) is 5.28 Å². The fraction of sp³-hybridized carbons (Fsp3) is 0.429. The summed E-state index contributed by atoms with van der Waals surface area (Å²) in [6, 6.07) is 10.7. The molecule has 0 bridgehead atoms. The first-order valence-electron chi connectivity index (χ1n) is 9.77. The van der Waals surface area contributed by atoms with Crippen LogP contribution in [0.5, 0.6) is 0 Å². The van der Waals surface area contributed by atoms with Crippen LogP contribution in [0.15, 0.2) is 30.3 Å². The largest absolute Gasteiger partial charge is 0.353 e. The molecule has 1 aliphatic heterocycles. The Balaban J connectivity index is 1.39. The molecule has 3 heterocycles. The molecular formula is C21H23ClN4S. The second-order valence-corrected chi connectivity index (χ2v) is 8.88. The number of aromatic nitrogens is 2. The zero-order valence-electron chi connectivity index (χ0n) is 15.3. The highest BCUT2D eigenvalue weighted by molar-refractivity contribution is 7.19. The molecule has 5 rings (SSSR count). The number of benzene rings is 1. The van der Waals surface area contributed by atoms with Crippen LogP contribution in [0, 0.1) is 0 Å². The van der Waals surface area contributed by atoms with Gasteiger partial charge in [0.15, 0.2) is 0 Å². The van der Waals surface area contributed by atoms with Gasteiger partial charge in [-0.05, 0) is 48.4 Å². The number of hydrogen-bond donors (Lipinski definition) is 0. The minimum atomic E-state index is 0.378. The van der Waals surface area contributed by atoms with Gasteiger partial charge in [-0.25, -0.2) is 4.98 Å². The average Bonchev–Trinajstić information content (AvgIpc) is 3.07. The molecule has 0 N–H and O–H groups in total. The summed E-state index contributed by atoms with van der Waals surface area (Å²) in [5.41, 5.74) is 2.87. The van der Waals surface area contributed by atoms with E-state index in [9.17, 15) is 0 Å². The first-order valence-corrected chi connectivity index (χ1v) is 11.0. The van der Waals surface area contributed by atoms with Crippen molar-refractivity contribution in [2.24, 2.45) is 0 Å². The molecule has 0 atom stereocenters. The molecule has 2 aromatic heterocycles. The molecule has 27 heavy (non-hydrogen) atoms. The van der Waals surface area contributed by atoms with Crippen LogP contribution in [0.3, 0.4) is 0 Å². The van der Waals surface area contributed by atoms with Gasteiger partial charge in [0.1, 0.15) is 10.6 Å². The van der Waals surface area contributed by atoms with E-state index in [1.807, 2.05) is 11.3 Å². The number of hydrogen-bond acceptors (Lipinski definition) is 5. The highest BCUT2D eigenvalue weighted by atomic mass is 35.5. The quantitative estimate of drug-likeness (QED) is 0.606. The van der Waals surface area contributed by atoms with E-state index >= 15 is 0 Å². The smallest absolute Gasteiger partial charge is 0.225 e. The molecule has 2 aliphatic rings. The van der Waals surface area contributed by atoms with E-state index in [-0.39, 0.29) is 0 Å². The molecule has 140 valence electrons. The fourth-order valence-electron chi connectivity index (χ4n) is 4.30. The molecule has 0 saturated carbocycles. The van der Waals surface area contributed by atoms with Crippen molar-refractivity contribution in [3.63, 3.8) is 0 Å². The predicted octanol–water partition coefficient (Wildman–Crippen LogP) is 4.55. The Labute approximate surface area is 168 Å². The highest BCUT2D eigenvalue weighted by Gasteiger charge is 2.25. The van der Waals surface area contributed by atoms with Crippen LogP contribution in [0.1, 0.15) is 28.8 Å². The molecule has 0 unspecified atom stereocenters. The molecular weight excluding hydrogens is 376 g/mol. The number of fused-ring (bicyclic) bond motifs is 3. The Morgan fingerprint density at radius 3 is 2.56 bits per heavy atom. The van der Waals surface area contributed by atoms with Gasteiger partial charge >= 0.3 is 0 Å². The summed E-state index contributed by atoms with van der Waals surface area (Å²) >= 11 is 8.11. The lowest BCUT2D eigenvalue weighted by atomic mass is 9.97. The predicted molar refractivity (Wildman–Crippen MR) is 113 cm³/mol. The first-order chi connectivity index (χ1) is 13.3. The third kappa shape index (κ3) is 3.44. The summed E-state index contributed by atoms with van der Waals surface area (Å²) < 4.78 is 0. The van der Waals surface area contributed by atoms with Crippen molar-refractivity contribution in [1.82, 2.24) is 14.9 Å². The molecule has 0 amide bonds. The number of aryl methyl sites for hydroxylation is 2. The topological polar surface area (TPSA) is 32.3 Å². The lowest BCUT2D eigenvalue weighted by Crippen LogP contribution is -2.46. The van der Waals surface area contributed by atoms with Gasteiger partial charge in [-0.1, -0.05) is 30.3 Å². The molecule has 3 aromatic rings. The van der Waals surface area contributed by atoms with Gasteiger partial charge in [-0.2, -0.15) is 4.98 Å². The number of nitrogens with zero attached hydrogens (tertiary/aromatic N) is 4. The molecule has 1 aromatic carbocycles. The highest BCUT2D eigenvalue weighted by Crippen LogP contribution is 2.40. The SMILES string of the molecule is Clc1nc(N2CCN(Cc3ccccc3)CC2)c2c3c(sc2n1)CCCC3. The molecule has 1 fully saturated rings. The molecule has 6 heteroatoms. The first kappa shape index (κ1) is 17.4. The normalized spacial score (nSPS) is 18.0. The van der Waals surface area contributed by atoms with Gasteiger partial charge in [0.25, 0.3) is 0 Å². The summed E-state index contributed by atoms with van der Waals surface area (Å²) in [7, 11) is 0. The van der Waals surface area contributed by atoms with Crippen LogP contribution in [-0.2, 0) is 19.4 Å². The lowest BCUT2D eigenvalue weighted by molar-refractivity contribution is 0.249. The third-order valence-corrected chi connectivity index (χ3v) is 7.04. The summed E-state index contributed by atoms with van der Waals surface area (Å²) in [4.78, 5) is 16.7. The Kier molecular flexibility index (Phi) is 4.76. The average molecular weight is 399 g/mol. The van der Waals surface area contributed by atoms with Gasteiger partial charge in [0.05, 0.1) is 5.39 Å². The molecule has 4 nitrogen and oxygen atoms in total. The Morgan fingerprint density at radius 2 is 1.74 bits per heavy atom. The minimum Gasteiger partial charge on any atom is -0.353 e. The Hall–Kier alpha value is -1.69. The second kappa shape index (κ2) is 7.38. The molecule has 1 aliphatic carbocycles. The summed E-state index contributed by atoms with van der Waals surface area (Å²) in [6.07, 6.45) is 4.89. The van der Waals surface area contributed by atoms with Gasteiger partial charge in [-0.15, -0.1) is 11.3 Å². The van der Waals surface area contributed by atoms with Crippen molar-refractivity contribution in [1.29, 1.82) is 0 Å². The van der Waals surface area contributed by atoms with Crippen LogP contribution < -0.4 is 4.90 Å². The third-order valence-electron chi connectivity index (χ3n) is 5.69. The van der Waals surface area contributed by atoms with Crippen molar-refractivity contribution in [3.05, 3.63) is 51.6 Å². The molecule has 0 radical (unpaired) electrons. The number of halogens is 1. The van der Waals surface area contributed by atoms with E-state index in [0.717, 1.165) is 49.8 Å². The molecule has 1 saturated heterocycles. The van der Waals surface area contributed by atoms with Gasteiger partial charge in [-0.3, -0.25) is 4.90 Å². The van der Waals surface area contributed by atoms with Crippen LogP contribution in [0.2, 0.25) is 5.28 Å². The summed E-state index contributed by atoms with van der Waals surface area (Å²) in [6.45, 7) is 5.08. The van der Waals surface area contributed by atoms with Crippen molar-refractivity contribution >= 4 is 39.0 Å². The number of anilines is 1. The van der Waals surface area contributed by atoms with Crippen LogP contribution in [0.25, 0.3) is 10.2 Å². The van der Waals surface area contributed by atoms with Crippen LogP contribution >= 0.6 is 22.9 Å². The maximum atomic E-state index is 6.29. The monoisotopic (exact) mass is 398 g/mol. The lowest BCUT2D eigenvalue weighted by Gasteiger charge is -2.35. The number of thiophene rings is 1. The Bertz CT molecular complexity index is 948. The van der Waals surface area contributed by atoms with Crippen molar-refractivity contribution in [2.75, 3.05) is 31.1 Å². The Morgan fingerprint density at radius 1 is 0.963 bits per heavy atom. The second-order valence-electron chi connectivity index (χ2n) is 7.46. The van der Waals surface area contributed by atoms with E-state index in [4.69, 9.17) is 11.6 Å². The van der Waals surface area contributed by atoms with Crippen LogP contribution in [-0.4, -0.2) is 41.0 Å². The number of rotatable bonds is 3. The molecule has 0 spiro atoms. The van der Waals surface area contributed by atoms with Gasteiger partial charge in [0, 0.05) is 37.6 Å². The van der Waals surface area contributed by atoms with Crippen molar-refractivity contribution in [3.8, 4) is 0 Å². The van der Waals surface area contributed by atoms with E-state index in [1.54, 1.807) is 0 Å². The van der Waals surface area contributed by atoms with Crippen molar-refractivity contribution in [2.45, 2.75) is 32.2 Å².